The predicted molar refractivity (Wildman–Crippen MR) is 99.8 cm³/mol. The number of rotatable bonds is 1. The molecule has 4 atom stereocenters. The van der Waals surface area contributed by atoms with Crippen LogP contribution in [-0.4, -0.2) is 46.1 Å². The molecule has 0 aromatic rings. The van der Waals surface area contributed by atoms with E-state index in [1.807, 2.05) is 6.92 Å². The minimum absolute atomic E-state index is 0.150. The summed E-state index contributed by atoms with van der Waals surface area (Å²) in [6.07, 6.45) is 9.13. The quantitative estimate of drug-likeness (QED) is 0.676. The van der Waals surface area contributed by atoms with Gasteiger partial charge in [-0.3, -0.25) is 4.79 Å². The summed E-state index contributed by atoms with van der Waals surface area (Å²) < 4.78 is 11.7. The molecule has 0 aromatic heterocycles. The van der Waals surface area contributed by atoms with Crippen LogP contribution in [0.3, 0.4) is 0 Å². The van der Waals surface area contributed by atoms with E-state index < -0.39 is 17.9 Å². The maximum atomic E-state index is 12.3. The summed E-state index contributed by atoms with van der Waals surface area (Å²) in [5.74, 6) is -1.37. The van der Waals surface area contributed by atoms with Crippen molar-refractivity contribution in [2.45, 2.75) is 88.7 Å². The van der Waals surface area contributed by atoms with Crippen LogP contribution in [-0.2, 0) is 14.3 Å². The third kappa shape index (κ3) is 5.24. The Morgan fingerprint density at radius 1 is 1.19 bits per heavy atom. The van der Waals surface area contributed by atoms with Gasteiger partial charge in [-0.15, -0.1) is 0 Å². The Kier molecular flexibility index (Phi) is 6.64. The van der Waals surface area contributed by atoms with Crippen LogP contribution in [0.5, 0.6) is 0 Å². The summed E-state index contributed by atoms with van der Waals surface area (Å²) in [7, 11) is 0. The van der Waals surface area contributed by atoms with Gasteiger partial charge in [0.1, 0.15) is 6.10 Å². The van der Waals surface area contributed by atoms with Gasteiger partial charge in [0, 0.05) is 24.7 Å². The number of amides is 1. The highest BCUT2D eigenvalue weighted by Gasteiger charge is 2.49. The lowest BCUT2D eigenvalue weighted by Crippen LogP contribution is -2.58. The van der Waals surface area contributed by atoms with E-state index in [-0.39, 0.29) is 23.7 Å². The first-order valence-corrected chi connectivity index (χ1v) is 10.6. The van der Waals surface area contributed by atoms with E-state index in [2.05, 4.69) is 5.32 Å². The van der Waals surface area contributed by atoms with Crippen molar-refractivity contribution in [2.75, 3.05) is 5.75 Å². The van der Waals surface area contributed by atoms with Crippen LogP contribution < -0.4 is 5.32 Å². The zero-order chi connectivity index (χ0) is 18.6. The van der Waals surface area contributed by atoms with Crippen LogP contribution >= 0.6 is 11.8 Å². The third-order valence-electron chi connectivity index (χ3n) is 5.38. The van der Waals surface area contributed by atoms with Crippen molar-refractivity contribution in [3.63, 3.8) is 0 Å². The molecule has 3 aliphatic heterocycles. The lowest BCUT2D eigenvalue weighted by molar-refractivity contribution is -0.283. The van der Waals surface area contributed by atoms with Gasteiger partial charge in [-0.2, -0.15) is 0 Å². The lowest BCUT2D eigenvalue weighted by atomic mass is 9.91. The number of thioether (sulfide) groups is 1. The highest BCUT2D eigenvalue weighted by Crippen LogP contribution is 2.36. The molecule has 2 saturated heterocycles. The zero-order valence-corrected chi connectivity index (χ0v) is 16.2. The first-order valence-electron chi connectivity index (χ1n) is 9.66. The average molecular weight is 384 g/mol. The summed E-state index contributed by atoms with van der Waals surface area (Å²) in [5, 5.41) is 13.7. The van der Waals surface area contributed by atoms with E-state index in [0.29, 0.717) is 12.2 Å². The van der Waals surface area contributed by atoms with Gasteiger partial charge in [0.15, 0.2) is 5.79 Å². The maximum Gasteiger partial charge on any atom is 0.330 e. The highest BCUT2D eigenvalue weighted by atomic mass is 32.2. The normalized spacial score (nSPS) is 39.3. The molecule has 146 valence electrons. The van der Waals surface area contributed by atoms with Gasteiger partial charge in [-0.25, -0.2) is 4.79 Å². The Morgan fingerprint density at radius 3 is 2.73 bits per heavy atom. The molecule has 7 heteroatoms. The summed E-state index contributed by atoms with van der Waals surface area (Å²) in [5.41, 5.74) is 1.03. The standard InChI is InChI=1S/C19H29NO5S/c1-13-7-5-3-2-4-6-8-14-10-15(24-17(21)9-13)11-19(23,25-14)16-12-26-18(22)20-16/h9,14-16,23H,2-8,10-12H2,1H3,(H,20,22)/b13-9-/t14?,15?,16-,19+/m0/s1. The van der Waals surface area contributed by atoms with Gasteiger partial charge in [-0.05, 0) is 26.2 Å². The monoisotopic (exact) mass is 383 g/mol. The number of hydrogen-bond donors (Lipinski definition) is 2. The lowest BCUT2D eigenvalue weighted by Gasteiger charge is -2.43. The molecule has 6 nitrogen and oxygen atoms in total. The molecule has 2 fully saturated rings. The minimum atomic E-state index is -1.48. The van der Waals surface area contributed by atoms with Crippen molar-refractivity contribution in [1.82, 2.24) is 5.32 Å². The molecule has 0 aromatic carbocycles. The van der Waals surface area contributed by atoms with Crippen LogP contribution in [0, 0.1) is 0 Å². The van der Waals surface area contributed by atoms with Crippen molar-refractivity contribution in [3.05, 3.63) is 11.6 Å². The number of allylic oxidation sites excluding steroid dienone is 1. The Hall–Kier alpha value is -1.05. The molecule has 0 radical (unpaired) electrons. The van der Waals surface area contributed by atoms with Crippen LogP contribution in [0.1, 0.15) is 64.7 Å². The van der Waals surface area contributed by atoms with E-state index in [4.69, 9.17) is 9.47 Å². The van der Waals surface area contributed by atoms with Crippen molar-refractivity contribution in [2.24, 2.45) is 0 Å². The fraction of sp³-hybridized carbons (Fsp3) is 0.789. The fourth-order valence-corrected chi connectivity index (χ4v) is 4.87. The summed E-state index contributed by atoms with van der Waals surface area (Å²) in [6, 6.07) is -0.472. The second-order valence-corrected chi connectivity index (χ2v) is 8.67. The Balaban J connectivity index is 1.74. The average Bonchev–Trinajstić information content (AvgIpc) is 3.00. The van der Waals surface area contributed by atoms with E-state index >= 15 is 0 Å². The molecule has 26 heavy (non-hydrogen) atoms. The van der Waals surface area contributed by atoms with Crippen LogP contribution in [0.25, 0.3) is 0 Å². The number of esters is 1. The maximum absolute atomic E-state index is 12.3. The predicted octanol–water partition coefficient (Wildman–Crippen LogP) is 3.28. The number of carbonyl (C=O) groups excluding carboxylic acids is 2. The number of hydrogen-bond acceptors (Lipinski definition) is 6. The molecule has 1 amide bonds. The highest BCUT2D eigenvalue weighted by molar-refractivity contribution is 8.14. The van der Waals surface area contributed by atoms with Gasteiger partial charge < -0.3 is 19.9 Å². The number of nitrogens with one attached hydrogen (secondary N) is 1. The van der Waals surface area contributed by atoms with Crippen molar-refractivity contribution in [3.8, 4) is 0 Å². The zero-order valence-electron chi connectivity index (χ0n) is 15.4. The van der Waals surface area contributed by atoms with Crippen LogP contribution in [0.4, 0.5) is 4.79 Å². The fourth-order valence-electron chi connectivity index (χ4n) is 3.98. The number of aliphatic hydroxyl groups is 1. The molecule has 3 aliphatic rings. The van der Waals surface area contributed by atoms with Gasteiger partial charge in [0.25, 0.3) is 5.24 Å². The van der Waals surface area contributed by atoms with Gasteiger partial charge in [0.05, 0.1) is 12.1 Å². The molecule has 2 bridgehead atoms. The molecule has 0 spiro atoms. The van der Waals surface area contributed by atoms with E-state index in [9.17, 15) is 14.7 Å². The first-order chi connectivity index (χ1) is 12.4. The molecular formula is C19H29NO5S. The topological polar surface area (TPSA) is 84.9 Å². The molecule has 3 heterocycles. The summed E-state index contributed by atoms with van der Waals surface area (Å²) in [4.78, 5) is 23.8. The Bertz CT molecular complexity index is 566. The summed E-state index contributed by atoms with van der Waals surface area (Å²) in [6.45, 7) is 1.96. The van der Waals surface area contributed by atoms with E-state index in [1.54, 1.807) is 6.08 Å². The van der Waals surface area contributed by atoms with Gasteiger partial charge >= 0.3 is 5.97 Å². The summed E-state index contributed by atoms with van der Waals surface area (Å²) >= 11 is 1.15. The molecule has 0 saturated carbocycles. The molecule has 2 N–H and O–H groups in total. The largest absolute Gasteiger partial charge is 0.459 e. The van der Waals surface area contributed by atoms with Crippen LogP contribution in [0.15, 0.2) is 11.6 Å². The second kappa shape index (κ2) is 8.76. The molecule has 3 rings (SSSR count). The number of ether oxygens (including phenoxy) is 2. The van der Waals surface area contributed by atoms with Gasteiger partial charge in [-0.1, -0.05) is 43.0 Å². The van der Waals surface area contributed by atoms with E-state index in [1.165, 1.54) is 6.42 Å². The van der Waals surface area contributed by atoms with Crippen molar-refractivity contribution >= 4 is 23.0 Å². The Morgan fingerprint density at radius 2 is 1.96 bits per heavy atom. The third-order valence-corrected chi connectivity index (χ3v) is 6.26. The van der Waals surface area contributed by atoms with Crippen molar-refractivity contribution in [1.29, 1.82) is 0 Å². The van der Waals surface area contributed by atoms with Gasteiger partial charge in [0.2, 0.25) is 0 Å². The molecular weight excluding hydrogens is 354 g/mol. The van der Waals surface area contributed by atoms with E-state index in [0.717, 1.165) is 55.9 Å². The number of fused-ring (bicyclic) bond motifs is 2. The molecule has 0 aliphatic carbocycles. The smallest absolute Gasteiger partial charge is 0.330 e. The second-order valence-electron chi connectivity index (χ2n) is 7.68. The van der Waals surface area contributed by atoms with Crippen molar-refractivity contribution < 1.29 is 24.2 Å². The minimum Gasteiger partial charge on any atom is -0.459 e. The Labute approximate surface area is 159 Å². The number of carbonyl (C=O) groups is 2. The molecule has 2 unspecified atom stereocenters. The first kappa shape index (κ1) is 19.7. The SMILES string of the molecule is C/C1=C/C(=O)OC2CC(CCCCCCC1)O[C@@](O)([C@@H]1CSC(=O)N1)C2. The van der Waals surface area contributed by atoms with Crippen LogP contribution in [0.2, 0.25) is 0 Å².